The summed E-state index contributed by atoms with van der Waals surface area (Å²) in [5.41, 5.74) is 2.94. The van der Waals surface area contributed by atoms with E-state index >= 15 is 0 Å². The van der Waals surface area contributed by atoms with Gasteiger partial charge in [-0.25, -0.2) is 4.79 Å². The van der Waals surface area contributed by atoms with Gasteiger partial charge in [0.1, 0.15) is 5.00 Å². The SMILES string of the molecule is COC(=O)c1c(NC(=O)CN2CCCC2c2ccsc2)sc2c1CCCC2. The van der Waals surface area contributed by atoms with Crippen molar-refractivity contribution < 1.29 is 14.3 Å². The van der Waals surface area contributed by atoms with Gasteiger partial charge in [-0.2, -0.15) is 11.3 Å². The Balaban J connectivity index is 1.50. The number of rotatable bonds is 5. The molecule has 0 radical (unpaired) electrons. The van der Waals surface area contributed by atoms with Crippen LogP contribution in [0, 0.1) is 0 Å². The number of methoxy groups -OCH3 is 1. The second-order valence-electron chi connectivity index (χ2n) is 7.14. The van der Waals surface area contributed by atoms with E-state index in [1.807, 2.05) is 0 Å². The summed E-state index contributed by atoms with van der Waals surface area (Å²) in [7, 11) is 1.40. The van der Waals surface area contributed by atoms with Gasteiger partial charge in [0.25, 0.3) is 0 Å². The average molecular weight is 405 g/mol. The van der Waals surface area contributed by atoms with Crippen molar-refractivity contribution in [2.45, 2.75) is 44.6 Å². The van der Waals surface area contributed by atoms with Gasteiger partial charge >= 0.3 is 5.97 Å². The number of ether oxygens (including phenoxy) is 1. The van der Waals surface area contributed by atoms with Crippen LogP contribution in [0.3, 0.4) is 0 Å². The fourth-order valence-corrected chi connectivity index (χ4v) is 6.18. The Kier molecular flexibility index (Phi) is 5.61. The van der Waals surface area contributed by atoms with Crippen LogP contribution in [0.5, 0.6) is 0 Å². The lowest BCUT2D eigenvalue weighted by atomic mass is 9.95. The standard InChI is InChI=1S/C20H24N2O3S2/c1-25-20(24)18-14-5-2-3-7-16(14)27-19(18)21-17(23)11-22-9-4-6-15(22)13-8-10-26-12-13/h8,10,12,15H,2-7,9,11H2,1H3,(H,21,23). The summed E-state index contributed by atoms with van der Waals surface area (Å²) in [5.74, 6) is -0.400. The summed E-state index contributed by atoms with van der Waals surface area (Å²) in [6.45, 7) is 1.28. The number of carbonyl (C=O) groups is 2. The Labute approximate surface area is 167 Å². The van der Waals surface area contributed by atoms with E-state index in [1.54, 1.807) is 22.7 Å². The second kappa shape index (κ2) is 8.12. The molecule has 1 fully saturated rings. The first-order valence-electron chi connectivity index (χ1n) is 9.46. The molecule has 1 amide bonds. The zero-order valence-corrected chi connectivity index (χ0v) is 17.1. The molecule has 144 valence electrons. The van der Waals surface area contributed by atoms with Crippen LogP contribution in [0.15, 0.2) is 16.8 Å². The molecule has 1 atom stereocenters. The molecule has 1 aliphatic heterocycles. The maximum Gasteiger partial charge on any atom is 0.341 e. The van der Waals surface area contributed by atoms with Gasteiger partial charge in [-0.15, -0.1) is 11.3 Å². The number of hydrogen-bond acceptors (Lipinski definition) is 6. The first-order chi connectivity index (χ1) is 13.2. The highest BCUT2D eigenvalue weighted by molar-refractivity contribution is 7.17. The molecule has 0 saturated carbocycles. The van der Waals surface area contributed by atoms with Crippen LogP contribution in [0.1, 0.15) is 58.1 Å². The first kappa shape index (κ1) is 18.7. The Morgan fingerprint density at radius 2 is 2.15 bits per heavy atom. The van der Waals surface area contributed by atoms with Crippen molar-refractivity contribution in [3.63, 3.8) is 0 Å². The summed E-state index contributed by atoms with van der Waals surface area (Å²) in [5, 5.41) is 7.93. The number of thiophene rings is 2. The minimum absolute atomic E-state index is 0.0547. The van der Waals surface area contributed by atoms with Crippen LogP contribution in [0.2, 0.25) is 0 Å². The van der Waals surface area contributed by atoms with Gasteiger partial charge < -0.3 is 10.1 Å². The number of likely N-dealkylation sites (tertiary alicyclic amines) is 1. The van der Waals surface area contributed by atoms with Gasteiger partial charge in [0.05, 0.1) is 19.2 Å². The molecule has 0 spiro atoms. The molecule has 1 saturated heterocycles. The summed E-state index contributed by atoms with van der Waals surface area (Å²) in [4.78, 5) is 28.5. The van der Waals surface area contributed by atoms with E-state index in [2.05, 4.69) is 27.0 Å². The molecule has 2 aliphatic rings. The molecule has 3 heterocycles. The van der Waals surface area contributed by atoms with Crippen molar-refractivity contribution in [3.05, 3.63) is 38.4 Å². The lowest BCUT2D eigenvalue weighted by Crippen LogP contribution is -2.33. The molecule has 1 N–H and O–H groups in total. The molecule has 27 heavy (non-hydrogen) atoms. The Morgan fingerprint density at radius 1 is 1.30 bits per heavy atom. The maximum atomic E-state index is 12.8. The summed E-state index contributed by atoms with van der Waals surface area (Å²) in [6, 6.07) is 2.47. The van der Waals surface area contributed by atoms with E-state index in [1.165, 1.54) is 17.6 Å². The number of fused-ring (bicyclic) bond motifs is 1. The highest BCUT2D eigenvalue weighted by Crippen LogP contribution is 2.39. The maximum absolute atomic E-state index is 12.8. The van der Waals surface area contributed by atoms with Crippen molar-refractivity contribution in [3.8, 4) is 0 Å². The molecule has 1 unspecified atom stereocenters. The first-order valence-corrected chi connectivity index (χ1v) is 11.2. The Morgan fingerprint density at radius 3 is 2.93 bits per heavy atom. The van der Waals surface area contributed by atoms with E-state index in [-0.39, 0.29) is 11.9 Å². The molecule has 2 aromatic rings. The van der Waals surface area contributed by atoms with Crippen LogP contribution in [-0.4, -0.2) is 37.0 Å². The predicted molar refractivity (Wildman–Crippen MR) is 109 cm³/mol. The number of carbonyl (C=O) groups excluding carboxylic acids is 2. The predicted octanol–water partition coefficient (Wildman–Crippen LogP) is 4.25. The van der Waals surface area contributed by atoms with Crippen molar-refractivity contribution in [2.24, 2.45) is 0 Å². The summed E-state index contributed by atoms with van der Waals surface area (Å²) < 4.78 is 4.99. The van der Waals surface area contributed by atoms with Crippen molar-refractivity contribution in [1.82, 2.24) is 4.90 Å². The number of anilines is 1. The minimum atomic E-state index is -0.345. The number of aryl methyl sites for hydroxylation is 1. The van der Waals surface area contributed by atoms with E-state index < -0.39 is 0 Å². The molecular weight excluding hydrogens is 380 g/mol. The van der Waals surface area contributed by atoms with Crippen LogP contribution in [0.25, 0.3) is 0 Å². The highest BCUT2D eigenvalue weighted by atomic mass is 32.1. The normalized spacial score (nSPS) is 19.7. The third-order valence-corrected chi connectivity index (χ3v) is 7.36. The van der Waals surface area contributed by atoms with Crippen molar-refractivity contribution in [1.29, 1.82) is 0 Å². The number of hydrogen-bond donors (Lipinski definition) is 1. The van der Waals surface area contributed by atoms with E-state index in [0.29, 0.717) is 23.2 Å². The summed E-state index contributed by atoms with van der Waals surface area (Å²) >= 11 is 3.24. The quantitative estimate of drug-likeness (QED) is 0.757. The van der Waals surface area contributed by atoms with E-state index in [0.717, 1.165) is 50.6 Å². The van der Waals surface area contributed by atoms with Gasteiger partial charge in [0, 0.05) is 10.9 Å². The fourth-order valence-electron chi connectivity index (χ4n) is 4.18. The smallest absolute Gasteiger partial charge is 0.341 e. The second-order valence-corrected chi connectivity index (χ2v) is 9.03. The monoisotopic (exact) mass is 404 g/mol. The molecule has 0 bridgehead atoms. The lowest BCUT2D eigenvalue weighted by Gasteiger charge is -2.23. The third-order valence-electron chi connectivity index (χ3n) is 5.45. The molecular formula is C20H24N2O3S2. The van der Waals surface area contributed by atoms with E-state index in [4.69, 9.17) is 4.74 Å². The highest BCUT2D eigenvalue weighted by Gasteiger charge is 2.30. The van der Waals surface area contributed by atoms with Crippen LogP contribution < -0.4 is 5.32 Å². The van der Waals surface area contributed by atoms with E-state index in [9.17, 15) is 9.59 Å². The molecule has 2 aromatic heterocycles. The fraction of sp³-hybridized carbons (Fsp3) is 0.500. The van der Waals surface area contributed by atoms with Crippen LogP contribution in [-0.2, 0) is 22.4 Å². The van der Waals surface area contributed by atoms with Gasteiger partial charge in [-0.05, 0) is 73.0 Å². The summed E-state index contributed by atoms with van der Waals surface area (Å²) in [6.07, 6.45) is 6.28. The zero-order chi connectivity index (χ0) is 18.8. The number of nitrogens with zero attached hydrogens (tertiary/aromatic N) is 1. The molecule has 7 heteroatoms. The van der Waals surface area contributed by atoms with Crippen molar-refractivity contribution in [2.75, 3.05) is 25.5 Å². The minimum Gasteiger partial charge on any atom is -0.465 e. The topological polar surface area (TPSA) is 58.6 Å². The molecule has 4 rings (SSSR count). The third kappa shape index (κ3) is 3.81. The number of nitrogens with one attached hydrogen (secondary N) is 1. The number of amides is 1. The number of esters is 1. The largest absolute Gasteiger partial charge is 0.465 e. The lowest BCUT2D eigenvalue weighted by molar-refractivity contribution is -0.117. The average Bonchev–Trinajstić information content (AvgIpc) is 3.40. The molecule has 1 aliphatic carbocycles. The van der Waals surface area contributed by atoms with Crippen LogP contribution in [0.4, 0.5) is 5.00 Å². The van der Waals surface area contributed by atoms with Gasteiger partial charge in [-0.3, -0.25) is 9.69 Å². The van der Waals surface area contributed by atoms with Crippen LogP contribution >= 0.6 is 22.7 Å². The molecule has 0 aromatic carbocycles. The molecule has 5 nitrogen and oxygen atoms in total. The van der Waals surface area contributed by atoms with Gasteiger partial charge in [0.2, 0.25) is 5.91 Å². The zero-order valence-electron chi connectivity index (χ0n) is 15.5. The Hall–Kier alpha value is -1.70. The van der Waals surface area contributed by atoms with Gasteiger partial charge in [-0.1, -0.05) is 0 Å². The van der Waals surface area contributed by atoms with Crippen molar-refractivity contribution >= 4 is 39.6 Å². The Bertz CT molecular complexity index is 829. The van der Waals surface area contributed by atoms with Gasteiger partial charge in [0.15, 0.2) is 0 Å².